The number of halogens is 1. The van der Waals surface area contributed by atoms with Crippen molar-refractivity contribution in [1.29, 1.82) is 0 Å². The fourth-order valence-electron chi connectivity index (χ4n) is 2.50. The van der Waals surface area contributed by atoms with Crippen LogP contribution in [0.1, 0.15) is 17.8 Å². The van der Waals surface area contributed by atoms with Crippen LogP contribution in [0.2, 0.25) is 5.15 Å². The highest BCUT2D eigenvalue weighted by molar-refractivity contribution is 6.32. The van der Waals surface area contributed by atoms with Crippen LogP contribution in [0.25, 0.3) is 5.52 Å². The molecule has 1 aliphatic rings. The van der Waals surface area contributed by atoms with E-state index in [2.05, 4.69) is 33.9 Å². The number of hydrogen-bond acceptors (Lipinski definition) is 2. The third kappa shape index (κ3) is 2.05. The molecule has 1 fully saturated rings. The first-order valence-electron chi connectivity index (χ1n) is 6.08. The molecule has 3 rings (SSSR count). The molecule has 17 heavy (non-hydrogen) atoms. The normalized spacial score (nSPS) is 20.2. The second-order valence-corrected chi connectivity index (χ2v) is 5.20. The van der Waals surface area contributed by atoms with Crippen LogP contribution >= 0.6 is 11.6 Å². The average molecular weight is 250 g/mol. The van der Waals surface area contributed by atoms with E-state index in [0.717, 1.165) is 30.9 Å². The van der Waals surface area contributed by atoms with Crippen molar-refractivity contribution < 1.29 is 0 Å². The molecular formula is C13H16ClN3. The van der Waals surface area contributed by atoms with Gasteiger partial charge in [0.25, 0.3) is 0 Å². The maximum atomic E-state index is 6.17. The van der Waals surface area contributed by atoms with Crippen LogP contribution in [0.4, 0.5) is 0 Å². The second-order valence-electron chi connectivity index (χ2n) is 4.84. The fourth-order valence-corrected chi connectivity index (χ4v) is 2.76. The molecule has 1 N–H and O–H groups in total. The Kier molecular flexibility index (Phi) is 2.81. The number of nitrogens with one attached hydrogen (secondary N) is 1. The number of aromatic nitrogens is 2. The Morgan fingerprint density at radius 1 is 1.53 bits per heavy atom. The molecule has 2 aromatic rings. The molecule has 0 aliphatic carbocycles. The molecule has 0 amide bonds. The van der Waals surface area contributed by atoms with E-state index < -0.39 is 0 Å². The molecule has 90 valence electrons. The maximum Gasteiger partial charge on any atom is 0.155 e. The highest BCUT2D eigenvalue weighted by Crippen LogP contribution is 2.22. The summed E-state index contributed by atoms with van der Waals surface area (Å²) in [7, 11) is 0. The standard InChI is InChI=1S/C13H16ClN3/c1-9-2-3-11-13(14)16-12(17(11)8-9)6-10-4-5-15-7-10/h2-3,8,10,15H,4-7H2,1H3. The van der Waals surface area contributed by atoms with E-state index in [-0.39, 0.29) is 0 Å². The minimum atomic E-state index is 0.617. The minimum absolute atomic E-state index is 0.617. The third-order valence-corrected chi connectivity index (χ3v) is 3.72. The summed E-state index contributed by atoms with van der Waals surface area (Å²) in [6.07, 6.45) is 4.36. The van der Waals surface area contributed by atoms with Crippen LogP contribution in [-0.4, -0.2) is 22.5 Å². The number of nitrogens with zero attached hydrogens (tertiary/aromatic N) is 2. The quantitative estimate of drug-likeness (QED) is 0.886. The van der Waals surface area contributed by atoms with Crippen molar-refractivity contribution >= 4 is 17.1 Å². The number of hydrogen-bond donors (Lipinski definition) is 1. The number of pyridine rings is 1. The van der Waals surface area contributed by atoms with Gasteiger partial charge < -0.3 is 9.72 Å². The van der Waals surface area contributed by atoms with E-state index in [1.807, 2.05) is 6.07 Å². The Morgan fingerprint density at radius 3 is 3.18 bits per heavy atom. The van der Waals surface area contributed by atoms with E-state index in [1.165, 1.54) is 12.0 Å². The van der Waals surface area contributed by atoms with E-state index in [1.54, 1.807) is 0 Å². The van der Waals surface area contributed by atoms with Gasteiger partial charge in [0.2, 0.25) is 0 Å². The zero-order chi connectivity index (χ0) is 11.8. The van der Waals surface area contributed by atoms with Gasteiger partial charge >= 0.3 is 0 Å². The Balaban J connectivity index is 2.00. The second kappa shape index (κ2) is 4.31. The largest absolute Gasteiger partial charge is 0.316 e. The van der Waals surface area contributed by atoms with Gasteiger partial charge in [0, 0.05) is 12.6 Å². The van der Waals surface area contributed by atoms with Crippen molar-refractivity contribution in [3.05, 3.63) is 34.9 Å². The summed E-state index contributed by atoms with van der Waals surface area (Å²) in [6.45, 7) is 4.31. The number of aryl methyl sites for hydroxylation is 1. The van der Waals surface area contributed by atoms with Gasteiger partial charge in [0.15, 0.2) is 5.15 Å². The molecule has 1 aliphatic heterocycles. The number of fused-ring (bicyclic) bond motifs is 1. The van der Waals surface area contributed by atoms with Gasteiger partial charge in [0.1, 0.15) is 5.82 Å². The molecule has 0 spiro atoms. The third-order valence-electron chi connectivity index (χ3n) is 3.45. The lowest BCUT2D eigenvalue weighted by molar-refractivity contribution is 0.560. The van der Waals surface area contributed by atoms with Crippen LogP contribution in [0.5, 0.6) is 0 Å². The summed E-state index contributed by atoms with van der Waals surface area (Å²) >= 11 is 6.17. The van der Waals surface area contributed by atoms with Crippen LogP contribution in [-0.2, 0) is 6.42 Å². The molecule has 0 saturated carbocycles. The van der Waals surface area contributed by atoms with Gasteiger partial charge in [-0.15, -0.1) is 0 Å². The smallest absolute Gasteiger partial charge is 0.155 e. The summed E-state index contributed by atoms with van der Waals surface area (Å²) in [6, 6.07) is 4.12. The summed E-state index contributed by atoms with van der Waals surface area (Å²) < 4.78 is 2.13. The van der Waals surface area contributed by atoms with E-state index in [4.69, 9.17) is 11.6 Å². The molecule has 3 nitrogen and oxygen atoms in total. The summed E-state index contributed by atoms with van der Waals surface area (Å²) in [5.74, 6) is 1.78. The van der Waals surface area contributed by atoms with Gasteiger partial charge in [-0.3, -0.25) is 0 Å². The fraction of sp³-hybridized carbons (Fsp3) is 0.462. The predicted molar refractivity (Wildman–Crippen MR) is 69.6 cm³/mol. The van der Waals surface area contributed by atoms with Gasteiger partial charge in [-0.2, -0.15) is 0 Å². The van der Waals surface area contributed by atoms with Crippen LogP contribution in [0.3, 0.4) is 0 Å². The SMILES string of the molecule is Cc1ccc2c(Cl)nc(CC3CCNC3)n2c1. The van der Waals surface area contributed by atoms with E-state index >= 15 is 0 Å². The molecule has 1 atom stereocenters. The van der Waals surface area contributed by atoms with Crippen molar-refractivity contribution in [2.45, 2.75) is 19.8 Å². The minimum Gasteiger partial charge on any atom is -0.316 e. The lowest BCUT2D eigenvalue weighted by Gasteiger charge is -2.07. The highest BCUT2D eigenvalue weighted by Gasteiger charge is 2.18. The highest BCUT2D eigenvalue weighted by atomic mass is 35.5. The topological polar surface area (TPSA) is 29.3 Å². The lowest BCUT2D eigenvalue weighted by Crippen LogP contribution is -2.12. The van der Waals surface area contributed by atoms with Crippen LogP contribution in [0.15, 0.2) is 18.3 Å². The number of imidazole rings is 1. The van der Waals surface area contributed by atoms with Crippen molar-refractivity contribution in [3.8, 4) is 0 Å². The molecule has 0 radical (unpaired) electrons. The first-order chi connectivity index (χ1) is 8.24. The van der Waals surface area contributed by atoms with E-state index in [0.29, 0.717) is 11.1 Å². The van der Waals surface area contributed by atoms with Gasteiger partial charge in [-0.1, -0.05) is 17.7 Å². The van der Waals surface area contributed by atoms with Gasteiger partial charge in [-0.25, -0.2) is 4.98 Å². The Hall–Kier alpha value is -1.06. The molecule has 1 unspecified atom stereocenters. The first-order valence-corrected chi connectivity index (χ1v) is 6.45. The molecule has 0 aromatic carbocycles. The zero-order valence-corrected chi connectivity index (χ0v) is 10.7. The van der Waals surface area contributed by atoms with Crippen molar-refractivity contribution in [2.24, 2.45) is 5.92 Å². The first kappa shape index (κ1) is 11.1. The lowest BCUT2D eigenvalue weighted by atomic mass is 10.0. The molecule has 0 bridgehead atoms. The molecule has 2 aromatic heterocycles. The molecular weight excluding hydrogens is 234 g/mol. The van der Waals surface area contributed by atoms with Crippen molar-refractivity contribution in [3.63, 3.8) is 0 Å². The van der Waals surface area contributed by atoms with Crippen LogP contribution < -0.4 is 5.32 Å². The predicted octanol–water partition coefficient (Wildman–Crippen LogP) is 2.45. The summed E-state index contributed by atoms with van der Waals surface area (Å²) in [4.78, 5) is 4.49. The molecule has 4 heteroatoms. The zero-order valence-electron chi connectivity index (χ0n) is 9.91. The maximum absolute atomic E-state index is 6.17. The van der Waals surface area contributed by atoms with Gasteiger partial charge in [0.05, 0.1) is 5.52 Å². The van der Waals surface area contributed by atoms with Crippen LogP contribution in [0, 0.1) is 12.8 Å². The Bertz CT molecular complexity index is 541. The Morgan fingerprint density at radius 2 is 2.41 bits per heavy atom. The van der Waals surface area contributed by atoms with E-state index in [9.17, 15) is 0 Å². The average Bonchev–Trinajstić information content (AvgIpc) is 2.89. The van der Waals surface area contributed by atoms with Crippen molar-refractivity contribution in [1.82, 2.24) is 14.7 Å². The molecule has 1 saturated heterocycles. The van der Waals surface area contributed by atoms with Gasteiger partial charge in [-0.05, 0) is 44.0 Å². The monoisotopic (exact) mass is 249 g/mol. The van der Waals surface area contributed by atoms with Crippen molar-refractivity contribution in [2.75, 3.05) is 13.1 Å². The molecule has 3 heterocycles. The summed E-state index contributed by atoms with van der Waals surface area (Å²) in [5.41, 5.74) is 2.25. The Labute approximate surface area is 106 Å². The number of rotatable bonds is 2. The summed E-state index contributed by atoms with van der Waals surface area (Å²) in [5, 5.41) is 4.01.